The Morgan fingerprint density at radius 2 is 2.03 bits per heavy atom. The van der Waals surface area contributed by atoms with Crippen LogP contribution in [0.2, 0.25) is 0 Å². The Hall–Kier alpha value is -2.36. The number of benzene rings is 1. The molecule has 2 aromatic heterocycles. The summed E-state index contributed by atoms with van der Waals surface area (Å²) in [5.74, 6) is 2.01. The van der Waals surface area contributed by atoms with E-state index in [4.69, 9.17) is 4.74 Å². The van der Waals surface area contributed by atoms with Gasteiger partial charge in [-0.1, -0.05) is 12.1 Å². The number of amides is 1. The van der Waals surface area contributed by atoms with E-state index in [1.165, 1.54) is 16.1 Å². The fourth-order valence-electron chi connectivity index (χ4n) is 4.38. The van der Waals surface area contributed by atoms with Crippen molar-refractivity contribution in [1.82, 2.24) is 15.3 Å². The topological polar surface area (TPSA) is 87.3 Å². The van der Waals surface area contributed by atoms with Gasteiger partial charge in [-0.3, -0.25) is 9.59 Å². The molecular formula is C24H28N4O3S2. The molecule has 174 valence electrons. The van der Waals surface area contributed by atoms with Crippen molar-refractivity contribution < 1.29 is 9.53 Å². The lowest BCUT2D eigenvalue weighted by Crippen LogP contribution is -2.36. The van der Waals surface area contributed by atoms with Gasteiger partial charge < -0.3 is 19.9 Å². The first kappa shape index (κ1) is 22.4. The molecule has 0 radical (unpaired) electrons. The van der Waals surface area contributed by atoms with E-state index in [0.717, 1.165) is 61.3 Å². The van der Waals surface area contributed by atoms with Gasteiger partial charge in [0.2, 0.25) is 5.91 Å². The maximum Gasteiger partial charge on any atom is 0.259 e. The predicted octanol–water partition coefficient (Wildman–Crippen LogP) is 3.25. The molecule has 1 amide bonds. The molecule has 0 spiro atoms. The Morgan fingerprint density at radius 3 is 2.85 bits per heavy atom. The molecule has 0 saturated carbocycles. The van der Waals surface area contributed by atoms with Crippen molar-refractivity contribution in [2.24, 2.45) is 0 Å². The SMILES string of the molecule is O=C(CCSCc1nc2sc3c(c2c(=O)[nH]1)CCC3)NCc1ccc(N2CCOCC2)cc1. The van der Waals surface area contributed by atoms with Crippen LogP contribution >= 0.6 is 23.1 Å². The molecule has 5 rings (SSSR count). The van der Waals surface area contributed by atoms with Crippen LogP contribution in [0.4, 0.5) is 5.69 Å². The second kappa shape index (κ2) is 10.3. The Kier molecular flexibility index (Phi) is 6.99. The van der Waals surface area contributed by atoms with Gasteiger partial charge >= 0.3 is 0 Å². The van der Waals surface area contributed by atoms with Crippen LogP contribution in [0.25, 0.3) is 10.2 Å². The quantitative estimate of drug-likeness (QED) is 0.478. The molecule has 1 aromatic carbocycles. The van der Waals surface area contributed by atoms with Gasteiger partial charge in [0.15, 0.2) is 0 Å². The van der Waals surface area contributed by atoms with Crippen LogP contribution in [0, 0.1) is 0 Å². The minimum absolute atomic E-state index is 0.0209. The second-order valence-corrected chi connectivity index (χ2v) is 10.6. The van der Waals surface area contributed by atoms with Gasteiger partial charge in [0.1, 0.15) is 10.7 Å². The van der Waals surface area contributed by atoms with E-state index in [0.29, 0.717) is 30.3 Å². The fraction of sp³-hybridized carbons (Fsp3) is 0.458. The van der Waals surface area contributed by atoms with Crippen LogP contribution in [0.3, 0.4) is 0 Å². The standard InChI is InChI=1S/C24H28N4O3S2/c29-21(25-14-16-4-6-17(7-5-16)28-9-11-31-12-10-28)8-13-32-15-20-26-23(30)22-18-2-1-3-19(18)33-24(22)27-20/h4-7H,1-3,8-15H2,(H,25,29)(H,26,27,30). The summed E-state index contributed by atoms with van der Waals surface area (Å²) in [7, 11) is 0. The number of aromatic nitrogens is 2. The maximum atomic E-state index is 12.5. The molecule has 3 heterocycles. The molecule has 1 fully saturated rings. The number of carbonyl (C=O) groups is 1. The largest absolute Gasteiger partial charge is 0.378 e. The van der Waals surface area contributed by atoms with Crippen LogP contribution in [0.5, 0.6) is 0 Å². The molecule has 7 nitrogen and oxygen atoms in total. The van der Waals surface area contributed by atoms with Crippen LogP contribution in [-0.4, -0.2) is 47.9 Å². The summed E-state index contributed by atoms with van der Waals surface area (Å²) in [6.07, 6.45) is 3.63. The number of fused-ring (bicyclic) bond motifs is 3. The summed E-state index contributed by atoms with van der Waals surface area (Å²) in [6.45, 7) is 3.90. The highest BCUT2D eigenvalue weighted by molar-refractivity contribution is 7.98. The number of thiophene rings is 1. The van der Waals surface area contributed by atoms with Crippen LogP contribution in [0.1, 0.15) is 34.7 Å². The lowest BCUT2D eigenvalue weighted by molar-refractivity contribution is -0.120. The van der Waals surface area contributed by atoms with Gasteiger partial charge in [-0.2, -0.15) is 11.8 Å². The molecule has 1 saturated heterocycles. The zero-order valence-electron chi connectivity index (χ0n) is 18.5. The highest BCUT2D eigenvalue weighted by atomic mass is 32.2. The smallest absolute Gasteiger partial charge is 0.259 e. The number of rotatable bonds is 8. The van der Waals surface area contributed by atoms with Crippen LogP contribution in [-0.2, 0) is 34.7 Å². The highest BCUT2D eigenvalue weighted by Crippen LogP contribution is 2.34. The van der Waals surface area contributed by atoms with E-state index in [9.17, 15) is 9.59 Å². The molecule has 0 bridgehead atoms. The first-order valence-electron chi connectivity index (χ1n) is 11.5. The van der Waals surface area contributed by atoms with Crippen molar-refractivity contribution in [1.29, 1.82) is 0 Å². The molecule has 3 aromatic rings. The summed E-state index contributed by atoms with van der Waals surface area (Å²) in [5.41, 5.74) is 3.47. The molecule has 33 heavy (non-hydrogen) atoms. The number of hydrogen-bond donors (Lipinski definition) is 2. The minimum Gasteiger partial charge on any atom is -0.378 e. The molecular weight excluding hydrogens is 456 g/mol. The van der Waals surface area contributed by atoms with Crippen molar-refractivity contribution in [2.45, 2.75) is 38.0 Å². The summed E-state index contributed by atoms with van der Waals surface area (Å²) in [4.78, 5) is 36.8. The van der Waals surface area contributed by atoms with E-state index in [1.807, 2.05) is 0 Å². The number of H-pyrrole nitrogens is 1. The number of hydrogen-bond acceptors (Lipinski definition) is 7. The molecule has 2 N–H and O–H groups in total. The number of nitrogens with one attached hydrogen (secondary N) is 2. The normalized spacial score (nSPS) is 15.7. The highest BCUT2D eigenvalue weighted by Gasteiger charge is 2.21. The summed E-state index contributed by atoms with van der Waals surface area (Å²) in [6, 6.07) is 8.35. The number of anilines is 1. The maximum absolute atomic E-state index is 12.5. The number of aryl methyl sites for hydroxylation is 2. The van der Waals surface area contributed by atoms with Gasteiger partial charge in [0, 0.05) is 42.4 Å². The van der Waals surface area contributed by atoms with Gasteiger partial charge in [-0.25, -0.2) is 4.98 Å². The van der Waals surface area contributed by atoms with Gasteiger partial charge in [0.25, 0.3) is 5.56 Å². The third-order valence-electron chi connectivity index (χ3n) is 6.14. The number of aromatic amines is 1. The number of morpholine rings is 1. The van der Waals surface area contributed by atoms with E-state index in [-0.39, 0.29) is 11.5 Å². The molecule has 1 aliphatic carbocycles. The van der Waals surface area contributed by atoms with Crippen molar-refractivity contribution in [3.63, 3.8) is 0 Å². The number of thioether (sulfide) groups is 1. The van der Waals surface area contributed by atoms with Crippen LogP contribution in [0.15, 0.2) is 29.1 Å². The van der Waals surface area contributed by atoms with E-state index in [2.05, 4.69) is 44.5 Å². The molecule has 2 aliphatic rings. The average molecular weight is 485 g/mol. The lowest BCUT2D eigenvalue weighted by Gasteiger charge is -2.28. The number of carbonyl (C=O) groups excluding carboxylic acids is 1. The van der Waals surface area contributed by atoms with E-state index >= 15 is 0 Å². The lowest BCUT2D eigenvalue weighted by atomic mass is 10.2. The Morgan fingerprint density at radius 1 is 1.21 bits per heavy atom. The second-order valence-electron chi connectivity index (χ2n) is 8.40. The predicted molar refractivity (Wildman–Crippen MR) is 134 cm³/mol. The Balaban J connectivity index is 1.05. The fourth-order valence-corrected chi connectivity index (χ4v) is 6.47. The zero-order valence-corrected chi connectivity index (χ0v) is 20.2. The first-order valence-corrected chi connectivity index (χ1v) is 13.4. The Labute approximate surface area is 200 Å². The van der Waals surface area contributed by atoms with Crippen molar-refractivity contribution in [2.75, 3.05) is 37.0 Å². The van der Waals surface area contributed by atoms with Gasteiger partial charge in [-0.15, -0.1) is 11.3 Å². The van der Waals surface area contributed by atoms with Crippen LogP contribution < -0.4 is 15.8 Å². The number of nitrogens with zero attached hydrogens (tertiary/aromatic N) is 2. The van der Waals surface area contributed by atoms with Crippen molar-refractivity contribution in [3.8, 4) is 0 Å². The third-order valence-corrected chi connectivity index (χ3v) is 8.29. The van der Waals surface area contributed by atoms with E-state index in [1.54, 1.807) is 23.1 Å². The molecule has 1 aliphatic heterocycles. The van der Waals surface area contributed by atoms with Crippen molar-refractivity contribution >= 4 is 44.9 Å². The monoisotopic (exact) mass is 484 g/mol. The van der Waals surface area contributed by atoms with Gasteiger partial charge in [0.05, 0.1) is 24.4 Å². The molecule has 0 unspecified atom stereocenters. The summed E-state index contributed by atoms with van der Waals surface area (Å²) in [5, 5.41) is 3.78. The van der Waals surface area contributed by atoms with Crippen molar-refractivity contribution in [3.05, 3.63) is 56.4 Å². The summed E-state index contributed by atoms with van der Waals surface area (Å²) < 4.78 is 5.40. The minimum atomic E-state index is -0.0209. The first-order chi connectivity index (χ1) is 16.2. The zero-order chi connectivity index (χ0) is 22.6. The average Bonchev–Trinajstić information content (AvgIpc) is 3.42. The van der Waals surface area contributed by atoms with E-state index < -0.39 is 0 Å². The number of ether oxygens (including phenoxy) is 1. The molecule has 0 atom stereocenters. The third kappa shape index (κ3) is 5.26. The summed E-state index contributed by atoms with van der Waals surface area (Å²) >= 11 is 3.28. The Bertz CT molecular complexity index is 1180. The van der Waals surface area contributed by atoms with Gasteiger partial charge in [-0.05, 0) is 42.5 Å². The molecule has 9 heteroatoms.